The van der Waals surface area contributed by atoms with Crippen LogP contribution in [0.4, 0.5) is 5.69 Å². The molecule has 1 heterocycles. The lowest BCUT2D eigenvalue weighted by Gasteiger charge is -2.03. The van der Waals surface area contributed by atoms with Crippen molar-refractivity contribution in [2.24, 2.45) is 11.4 Å². The molecule has 0 saturated heterocycles. The Morgan fingerprint density at radius 1 is 1.25 bits per heavy atom. The summed E-state index contributed by atoms with van der Waals surface area (Å²) in [5, 5.41) is 2.60. The van der Waals surface area contributed by atoms with E-state index in [0.717, 1.165) is 10.6 Å². The molecule has 0 aliphatic heterocycles. The Kier molecular flexibility index (Phi) is 5.29. The fraction of sp³-hybridized carbons (Fsp3) is 0.375. The average Bonchev–Trinajstić information content (AvgIpc) is 2.75. The Balaban J connectivity index is 2.45. The van der Waals surface area contributed by atoms with Crippen LogP contribution in [0.2, 0.25) is 0 Å². The highest BCUT2D eigenvalue weighted by molar-refractivity contribution is 7.90. The zero-order valence-corrected chi connectivity index (χ0v) is 16.0. The highest BCUT2D eigenvalue weighted by Gasteiger charge is 2.16. The summed E-state index contributed by atoms with van der Waals surface area (Å²) in [6.07, 6.45) is 0. The first-order valence-corrected chi connectivity index (χ1v) is 9.72. The van der Waals surface area contributed by atoms with Crippen molar-refractivity contribution in [3.8, 4) is 0 Å². The molecule has 2 rings (SSSR count). The Hall–Kier alpha value is -1.93. The summed E-state index contributed by atoms with van der Waals surface area (Å²) >= 11 is 1.39. The maximum Gasteiger partial charge on any atom is 0.285 e. The van der Waals surface area contributed by atoms with Crippen LogP contribution in [0, 0.1) is 6.92 Å². The largest absolute Gasteiger partial charge is 0.326 e. The van der Waals surface area contributed by atoms with Gasteiger partial charge in [-0.3, -0.25) is 4.79 Å². The monoisotopic (exact) mass is 367 g/mol. The minimum atomic E-state index is -3.81. The number of nitrogens with one attached hydrogen (secondary N) is 1. The summed E-state index contributed by atoms with van der Waals surface area (Å²) in [5.74, 6) is 0.0994. The van der Waals surface area contributed by atoms with Crippen molar-refractivity contribution in [1.82, 2.24) is 4.57 Å². The van der Waals surface area contributed by atoms with Gasteiger partial charge in [0, 0.05) is 30.2 Å². The molecule has 1 N–H and O–H groups in total. The third-order valence-electron chi connectivity index (χ3n) is 3.54. The Labute approximate surface area is 145 Å². The van der Waals surface area contributed by atoms with Crippen LogP contribution in [0.25, 0.3) is 0 Å². The minimum Gasteiger partial charge on any atom is -0.326 e. The van der Waals surface area contributed by atoms with Crippen LogP contribution in [0.1, 0.15) is 37.3 Å². The summed E-state index contributed by atoms with van der Waals surface area (Å²) in [6.45, 7) is 7.49. The molecule has 0 spiro atoms. The maximum absolute atomic E-state index is 12.5. The first-order chi connectivity index (χ1) is 11.1. The number of amides is 1. The molecule has 1 amide bonds. The van der Waals surface area contributed by atoms with Crippen molar-refractivity contribution < 1.29 is 13.2 Å². The van der Waals surface area contributed by atoms with Gasteiger partial charge >= 0.3 is 0 Å². The second-order valence-electron chi connectivity index (χ2n) is 5.82. The molecule has 0 atom stereocenters. The van der Waals surface area contributed by atoms with Crippen molar-refractivity contribution in [2.45, 2.75) is 38.5 Å². The summed E-state index contributed by atoms with van der Waals surface area (Å²) in [7, 11) is -2.00. The van der Waals surface area contributed by atoms with Crippen molar-refractivity contribution in [1.29, 1.82) is 0 Å². The zero-order chi connectivity index (χ0) is 18.1. The number of hydrogen-bond acceptors (Lipinski definition) is 4. The van der Waals surface area contributed by atoms with Gasteiger partial charge in [-0.2, -0.15) is 8.42 Å². The molecule has 0 fully saturated rings. The minimum absolute atomic E-state index is 0.0914. The number of nitrogens with zero attached hydrogens (tertiary/aromatic N) is 2. The number of sulfonamides is 1. The topological polar surface area (TPSA) is 80.5 Å². The first-order valence-electron chi connectivity index (χ1n) is 7.47. The number of rotatable bonds is 4. The predicted octanol–water partition coefficient (Wildman–Crippen LogP) is 2.77. The zero-order valence-electron chi connectivity index (χ0n) is 14.3. The quantitative estimate of drug-likeness (QED) is 0.902. The van der Waals surface area contributed by atoms with E-state index in [-0.39, 0.29) is 10.8 Å². The fourth-order valence-corrected chi connectivity index (χ4v) is 4.58. The summed E-state index contributed by atoms with van der Waals surface area (Å²) in [5.41, 5.74) is 1.56. The van der Waals surface area contributed by atoms with Gasteiger partial charge in [0.15, 0.2) is 0 Å². The number of hydrogen-bond donors (Lipinski definition) is 1. The number of carbonyl (C=O) groups excluding carboxylic acids is 1. The molecular weight excluding hydrogens is 346 g/mol. The molecule has 0 saturated carbocycles. The molecule has 0 radical (unpaired) electrons. The van der Waals surface area contributed by atoms with Gasteiger partial charge in [-0.1, -0.05) is 13.8 Å². The maximum atomic E-state index is 12.5. The van der Waals surface area contributed by atoms with E-state index in [0.29, 0.717) is 16.4 Å². The second kappa shape index (κ2) is 6.90. The SMILES string of the molecule is CC(=O)Nc1ccc(S(=O)(=O)N=c2sc(C(C)C)c(C)n2C)cc1. The molecule has 24 heavy (non-hydrogen) atoms. The van der Waals surface area contributed by atoms with Gasteiger partial charge in [-0.25, -0.2) is 0 Å². The van der Waals surface area contributed by atoms with Gasteiger partial charge in [0.05, 0.1) is 4.90 Å². The number of aromatic nitrogens is 1. The Bertz CT molecular complexity index is 920. The first kappa shape index (κ1) is 18.4. The van der Waals surface area contributed by atoms with Gasteiger partial charge < -0.3 is 9.88 Å². The Morgan fingerprint density at radius 3 is 2.29 bits per heavy atom. The van der Waals surface area contributed by atoms with E-state index in [4.69, 9.17) is 0 Å². The van der Waals surface area contributed by atoms with Gasteiger partial charge in [0.2, 0.25) is 10.7 Å². The summed E-state index contributed by atoms with van der Waals surface area (Å²) in [4.78, 5) is 12.7. The molecule has 0 aliphatic carbocycles. The Morgan fingerprint density at radius 2 is 1.83 bits per heavy atom. The van der Waals surface area contributed by atoms with Gasteiger partial charge in [-0.15, -0.1) is 15.7 Å². The van der Waals surface area contributed by atoms with Crippen LogP contribution < -0.4 is 10.1 Å². The standard InChI is InChI=1S/C16H21N3O3S2/c1-10(2)15-11(3)19(5)16(23-15)18-24(21,22)14-8-6-13(7-9-14)17-12(4)20/h6-10H,1-5H3,(H,17,20). The van der Waals surface area contributed by atoms with Crippen molar-refractivity contribution in [3.05, 3.63) is 39.6 Å². The molecule has 2 aromatic rings. The van der Waals surface area contributed by atoms with Crippen LogP contribution in [0.3, 0.4) is 0 Å². The molecule has 130 valence electrons. The lowest BCUT2D eigenvalue weighted by molar-refractivity contribution is -0.114. The summed E-state index contributed by atoms with van der Waals surface area (Å²) in [6, 6.07) is 5.97. The van der Waals surface area contributed by atoms with E-state index in [1.165, 1.54) is 30.4 Å². The van der Waals surface area contributed by atoms with Crippen molar-refractivity contribution >= 4 is 33.0 Å². The third kappa shape index (κ3) is 3.93. The summed E-state index contributed by atoms with van der Waals surface area (Å²) < 4.78 is 30.8. The van der Waals surface area contributed by atoms with Crippen molar-refractivity contribution in [3.63, 3.8) is 0 Å². The van der Waals surface area contributed by atoms with E-state index < -0.39 is 10.0 Å². The molecular formula is C16H21N3O3S2. The molecule has 0 aliphatic rings. The lowest BCUT2D eigenvalue weighted by Crippen LogP contribution is -2.15. The third-order valence-corrected chi connectivity index (χ3v) is 6.47. The van der Waals surface area contributed by atoms with Gasteiger partial charge in [0.25, 0.3) is 10.0 Å². The van der Waals surface area contributed by atoms with Gasteiger partial charge in [-0.05, 0) is 37.1 Å². The number of benzene rings is 1. The molecule has 0 unspecified atom stereocenters. The lowest BCUT2D eigenvalue weighted by atomic mass is 10.1. The predicted molar refractivity (Wildman–Crippen MR) is 95.6 cm³/mol. The number of carbonyl (C=O) groups is 1. The highest BCUT2D eigenvalue weighted by atomic mass is 32.2. The molecule has 0 bridgehead atoms. The van der Waals surface area contributed by atoms with Crippen LogP contribution in [0.5, 0.6) is 0 Å². The normalized spacial score (nSPS) is 12.7. The molecule has 6 nitrogen and oxygen atoms in total. The number of anilines is 1. The smallest absolute Gasteiger partial charge is 0.285 e. The van der Waals surface area contributed by atoms with Crippen LogP contribution in [0.15, 0.2) is 33.6 Å². The highest BCUT2D eigenvalue weighted by Crippen LogP contribution is 2.22. The van der Waals surface area contributed by atoms with E-state index >= 15 is 0 Å². The molecule has 8 heteroatoms. The van der Waals surface area contributed by atoms with Crippen LogP contribution in [-0.4, -0.2) is 18.9 Å². The fourth-order valence-electron chi connectivity index (χ4n) is 2.23. The van der Waals surface area contributed by atoms with E-state index in [2.05, 4.69) is 23.6 Å². The number of thiazole rings is 1. The second-order valence-corrected chi connectivity index (χ2v) is 8.43. The molecule has 1 aromatic carbocycles. The van der Waals surface area contributed by atoms with Crippen LogP contribution >= 0.6 is 11.3 Å². The van der Waals surface area contributed by atoms with E-state index in [1.807, 2.05) is 14.0 Å². The van der Waals surface area contributed by atoms with Crippen molar-refractivity contribution in [2.75, 3.05) is 5.32 Å². The van der Waals surface area contributed by atoms with E-state index in [9.17, 15) is 13.2 Å². The average molecular weight is 367 g/mol. The molecule has 1 aromatic heterocycles. The van der Waals surface area contributed by atoms with Gasteiger partial charge in [0.1, 0.15) is 0 Å². The van der Waals surface area contributed by atoms with Crippen LogP contribution in [-0.2, 0) is 21.9 Å². The van der Waals surface area contributed by atoms with E-state index in [1.54, 1.807) is 16.7 Å².